The van der Waals surface area contributed by atoms with Gasteiger partial charge >= 0.3 is 5.97 Å². The molecule has 0 aromatic heterocycles. The average molecular weight is 282 g/mol. The van der Waals surface area contributed by atoms with Crippen molar-refractivity contribution in [2.45, 2.75) is 6.10 Å². The third-order valence-electron chi connectivity index (χ3n) is 2.85. The Morgan fingerprint density at radius 2 is 2.30 bits per heavy atom. The van der Waals surface area contributed by atoms with Crippen LogP contribution in [0.15, 0.2) is 18.2 Å². The Hall–Kier alpha value is -2.19. The van der Waals surface area contributed by atoms with Crippen LogP contribution in [0, 0.1) is 10.1 Å². The predicted octanol–water partition coefficient (Wildman–Crippen LogP) is 1.12. The highest BCUT2D eigenvalue weighted by molar-refractivity contribution is 5.90. The minimum Gasteiger partial charge on any atom is -0.478 e. The lowest BCUT2D eigenvalue weighted by molar-refractivity contribution is -0.384. The second-order valence-electron chi connectivity index (χ2n) is 4.24. The zero-order valence-electron chi connectivity index (χ0n) is 10.6. The van der Waals surface area contributed by atoms with Crippen LogP contribution < -0.4 is 5.32 Å². The maximum absolute atomic E-state index is 10.9. The lowest BCUT2D eigenvalue weighted by Gasteiger charge is -2.23. The SMILES string of the molecule is O=C(O)c1ccc([N+](=O)[O-])c(NCC2COCCO2)c1. The molecule has 1 fully saturated rings. The number of hydrogen-bond donors (Lipinski definition) is 2. The van der Waals surface area contributed by atoms with Crippen LogP contribution in [0.4, 0.5) is 11.4 Å². The number of ether oxygens (including phenoxy) is 2. The van der Waals surface area contributed by atoms with E-state index < -0.39 is 10.9 Å². The number of rotatable bonds is 5. The van der Waals surface area contributed by atoms with Gasteiger partial charge in [-0.2, -0.15) is 0 Å². The van der Waals surface area contributed by atoms with Gasteiger partial charge in [0.1, 0.15) is 5.69 Å². The van der Waals surface area contributed by atoms with Gasteiger partial charge in [-0.15, -0.1) is 0 Å². The summed E-state index contributed by atoms with van der Waals surface area (Å²) in [6.45, 7) is 1.72. The van der Waals surface area contributed by atoms with Gasteiger partial charge in [-0.1, -0.05) is 0 Å². The molecule has 1 unspecified atom stereocenters. The van der Waals surface area contributed by atoms with Crippen molar-refractivity contribution in [1.82, 2.24) is 0 Å². The Kier molecular flexibility index (Phi) is 4.49. The highest BCUT2D eigenvalue weighted by Gasteiger charge is 2.19. The molecule has 0 bridgehead atoms. The zero-order valence-corrected chi connectivity index (χ0v) is 10.6. The van der Waals surface area contributed by atoms with Crippen molar-refractivity contribution in [3.05, 3.63) is 33.9 Å². The fourth-order valence-corrected chi connectivity index (χ4v) is 1.85. The Morgan fingerprint density at radius 1 is 1.50 bits per heavy atom. The topological polar surface area (TPSA) is 111 Å². The number of nitro benzene ring substituents is 1. The number of benzene rings is 1. The summed E-state index contributed by atoms with van der Waals surface area (Å²) in [5, 5.41) is 22.7. The van der Waals surface area contributed by atoms with Crippen LogP contribution in [0.25, 0.3) is 0 Å². The molecule has 0 radical (unpaired) electrons. The fraction of sp³-hybridized carbons (Fsp3) is 0.417. The molecule has 1 aliphatic rings. The molecule has 1 aromatic rings. The molecule has 20 heavy (non-hydrogen) atoms. The third kappa shape index (κ3) is 3.43. The molecule has 8 nitrogen and oxygen atoms in total. The Bertz CT molecular complexity index is 513. The number of aromatic carboxylic acids is 1. The van der Waals surface area contributed by atoms with Crippen molar-refractivity contribution in [3.63, 3.8) is 0 Å². The first-order valence-corrected chi connectivity index (χ1v) is 6.03. The monoisotopic (exact) mass is 282 g/mol. The number of nitrogens with one attached hydrogen (secondary N) is 1. The summed E-state index contributed by atoms with van der Waals surface area (Å²) in [5.74, 6) is -1.14. The van der Waals surface area contributed by atoms with Gasteiger partial charge < -0.3 is 19.9 Å². The summed E-state index contributed by atoms with van der Waals surface area (Å²) in [5.41, 5.74) is -0.0327. The van der Waals surface area contributed by atoms with E-state index in [0.29, 0.717) is 26.4 Å². The van der Waals surface area contributed by atoms with Crippen LogP contribution in [0.3, 0.4) is 0 Å². The first kappa shape index (κ1) is 14.2. The van der Waals surface area contributed by atoms with E-state index in [1.807, 2.05) is 0 Å². The van der Waals surface area contributed by atoms with Crippen LogP contribution in [0.2, 0.25) is 0 Å². The first-order valence-electron chi connectivity index (χ1n) is 6.03. The van der Waals surface area contributed by atoms with Crippen molar-refractivity contribution in [2.24, 2.45) is 0 Å². The third-order valence-corrected chi connectivity index (χ3v) is 2.85. The molecular weight excluding hydrogens is 268 g/mol. The van der Waals surface area contributed by atoms with Crippen LogP contribution >= 0.6 is 0 Å². The molecule has 1 atom stereocenters. The molecule has 1 aliphatic heterocycles. The number of hydrogen-bond acceptors (Lipinski definition) is 6. The van der Waals surface area contributed by atoms with E-state index in [-0.39, 0.29) is 23.0 Å². The number of nitrogens with zero attached hydrogens (tertiary/aromatic N) is 1. The second kappa shape index (κ2) is 6.31. The molecule has 0 amide bonds. The fourth-order valence-electron chi connectivity index (χ4n) is 1.85. The van der Waals surface area contributed by atoms with Crippen LogP contribution in [0.5, 0.6) is 0 Å². The van der Waals surface area contributed by atoms with E-state index in [4.69, 9.17) is 14.6 Å². The Morgan fingerprint density at radius 3 is 2.90 bits per heavy atom. The summed E-state index contributed by atoms with van der Waals surface area (Å²) in [7, 11) is 0. The summed E-state index contributed by atoms with van der Waals surface area (Å²) < 4.78 is 10.6. The number of anilines is 1. The van der Waals surface area contributed by atoms with Gasteiger partial charge in [0.2, 0.25) is 0 Å². The molecule has 1 heterocycles. The van der Waals surface area contributed by atoms with Crippen LogP contribution in [0.1, 0.15) is 10.4 Å². The van der Waals surface area contributed by atoms with Gasteiger partial charge in [-0.3, -0.25) is 10.1 Å². The Labute approximate surface area is 114 Å². The van der Waals surface area contributed by atoms with Gasteiger partial charge in [-0.25, -0.2) is 4.79 Å². The lowest BCUT2D eigenvalue weighted by Crippen LogP contribution is -2.34. The van der Waals surface area contributed by atoms with E-state index in [0.717, 1.165) is 0 Å². The lowest BCUT2D eigenvalue weighted by atomic mass is 10.1. The molecule has 108 valence electrons. The minimum atomic E-state index is -1.14. The number of carboxylic acid groups (broad SMARTS) is 1. The van der Waals surface area contributed by atoms with Crippen molar-refractivity contribution < 1.29 is 24.3 Å². The van der Waals surface area contributed by atoms with Crippen LogP contribution in [-0.4, -0.2) is 48.5 Å². The van der Waals surface area contributed by atoms with E-state index in [1.165, 1.54) is 18.2 Å². The van der Waals surface area contributed by atoms with E-state index in [1.54, 1.807) is 0 Å². The molecule has 0 aliphatic carbocycles. The summed E-state index contributed by atoms with van der Waals surface area (Å²) in [6, 6.07) is 3.61. The molecule has 0 spiro atoms. The van der Waals surface area contributed by atoms with Crippen molar-refractivity contribution in [3.8, 4) is 0 Å². The van der Waals surface area contributed by atoms with E-state index >= 15 is 0 Å². The minimum absolute atomic E-state index is 0.0149. The maximum Gasteiger partial charge on any atom is 0.335 e. The second-order valence-corrected chi connectivity index (χ2v) is 4.24. The molecular formula is C12H14N2O6. The van der Waals surface area contributed by atoms with E-state index in [2.05, 4.69) is 5.32 Å². The molecule has 0 saturated carbocycles. The predicted molar refractivity (Wildman–Crippen MR) is 69.1 cm³/mol. The first-order chi connectivity index (χ1) is 9.58. The van der Waals surface area contributed by atoms with Gasteiger partial charge in [0.15, 0.2) is 0 Å². The van der Waals surface area contributed by atoms with Gasteiger partial charge in [-0.05, 0) is 12.1 Å². The van der Waals surface area contributed by atoms with Crippen molar-refractivity contribution in [2.75, 3.05) is 31.7 Å². The average Bonchev–Trinajstić information content (AvgIpc) is 2.45. The quantitative estimate of drug-likeness (QED) is 0.614. The molecule has 2 rings (SSSR count). The van der Waals surface area contributed by atoms with Crippen molar-refractivity contribution in [1.29, 1.82) is 0 Å². The summed E-state index contributed by atoms with van der Waals surface area (Å²) >= 11 is 0. The Balaban J connectivity index is 2.12. The highest BCUT2D eigenvalue weighted by atomic mass is 16.6. The van der Waals surface area contributed by atoms with Gasteiger partial charge in [0, 0.05) is 12.6 Å². The van der Waals surface area contributed by atoms with Crippen molar-refractivity contribution >= 4 is 17.3 Å². The smallest absolute Gasteiger partial charge is 0.335 e. The molecule has 1 saturated heterocycles. The highest BCUT2D eigenvalue weighted by Crippen LogP contribution is 2.25. The standard InChI is InChI=1S/C12H14N2O6/c15-12(16)8-1-2-11(14(17)18)10(5-8)13-6-9-7-19-3-4-20-9/h1-2,5,9,13H,3-4,6-7H2,(H,15,16). The van der Waals surface area contributed by atoms with Crippen LogP contribution in [-0.2, 0) is 9.47 Å². The number of carboxylic acids is 1. The summed E-state index contributed by atoms with van der Waals surface area (Å²) in [6.07, 6.45) is -0.211. The summed E-state index contributed by atoms with van der Waals surface area (Å²) in [4.78, 5) is 21.3. The molecule has 8 heteroatoms. The van der Waals surface area contributed by atoms with E-state index in [9.17, 15) is 14.9 Å². The van der Waals surface area contributed by atoms with Gasteiger partial charge in [0.25, 0.3) is 5.69 Å². The van der Waals surface area contributed by atoms with Gasteiger partial charge in [0.05, 0.1) is 36.4 Å². The number of carbonyl (C=O) groups is 1. The molecule has 1 aromatic carbocycles. The zero-order chi connectivity index (χ0) is 14.5. The molecule has 2 N–H and O–H groups in total. The normalized spacial score (nSPS) is 18.5. The maximum atomic E-state index is 10.9. The number of nitro groups is 1. The largest absolute Gasteiger partial charge is 0.478 e.